The molecule has 3 atom stereocenters. The summed E-state index contributed by atoms with van der Waals surface area (Å²) in [6.45, 7) is 2.92. The van der Waals surface area contributed by atoms with Crippen molar-refractivity contribution in [1.29, 1.82) is 5.26 Å². The minimum Gasteiger partial charge on any atom is -0.487 e. The molecule has 2 heterocycles. The van der Waals surface area contributed by atoms with E-state index in [1.807, 2.05) is 48.5 Å². The number of nitriles is 1. The number of likely N-dealkylation sites (tertiary alicyclic amines) is 1. The summed E-state index contributed by atoms with van der Waals surface area (Å²) in [5.74, 6) is 7.43. The van der Waals surface area contributed by atoms with Gasteiger partial charge in [0.15, 0.2) is 0 Å². The molecule has 2 N–H and O–H groups in total. The molecule has 0 spiro atoms. The van der Waals surface area contributed by atoms with Crippen LogP contribution in [0.15, 0.2) is 60.9 Å². The molecule has 1 fully saturated rings. The SMILES string of the molecule is CC1C(Oc2ccc(-c3ccc(C#CC(CO)n4ccnc4CO)cc3)cc2)CN1CC#N. The number of hydrogen-bond acceptors (Lipinski definition) is 6. The number of ether oxygens (including phenoxy) is 1. The van der Waals surface area contributed by atoms with Crippen molar-refractivity contribution in [2.45, 2.75) is 31.7 Å². The predicted octanol–water partition coefficient (Wildman–Crippen LogP) is 2.60. The van der Waals surface area contributed by atoms with E-state index in [2.05, 4.69) is 34.7 Å². The van der Waals surface area contributed by atoms with Gasteiger partial charge in [0, 0.05) is 30.5 Å². The van der Waals surface area contributed by atoms with E-state index >= 15 is 0 Å². The molecule has 1 aliphatic heterocycles. The normalized spacial score (nSPS) is 18.5. The van der Waals surface area contributed by atoms with Crippen LogP contribution in [0.1, 0.15) is 24.4 Å². The molecule has 3 aromatic rings. The number of rotatable bonds is 7. The van der Waals surface area contributed by atoms with E-state index in [4.69, 9.17) is 10.00 Å². The Labute approximate surface area is 193 Å². The van der Waals surface area contributed by atoms with Crippen molar-refractivity contribution in [2.24, 2.45) is 0 Å². The summed E-state index contributed by atoms with van der Waals surface area (Å²) in [5.41, 5.74) is 2.98. The molecule has 7 nitrogen and oxygen atoms in total. The van der Waals surface area contributed by atoms with Gasteiger partial charge in [-0.3, -0.25) is 4.90 Å². The molecule has 0 amide bonds. The second-order valence-corrected chi connectivity index (χ2v) is 7.96. The molecular formula is C26H26N4O3. The van der Waals surface area contributed by atoms with Gasteiger partial charge in [0.25, 0.3) is 0 Å². The van der Waals surface area contributed by atoms with Crippen LogP contribution in [0, 0.1) is 23.2 Å². The Hall–Kier alpha value is -3.62. The molecule has 0 aliphatic carbocycles. The first-order valence-electron chi connectivity index (χ1n) is 10.9. The molecular weight excluding hydrogens is 416 g/mol. The Morgan fingerprint density at radius 1 is 1.12 bits per heavy atom. The maximum atomic E-state index is 9.68. The maximum absolute atomic E-state index is 9.68. The Balaban J connectivity index is 1.39. The van der Waals surface area contributed by atoms with Gasteiger partial charge in [0.1, 0.15) is 30.3 Å². The molecule has 3 unspecified atom stereocenters. The lowest BCUT2D eigenvalue weighted by molar-refractivity contribution is -0.0271. The summed E-state index contributed by atoms with van der Waals surface area (Å²) >= 11 is 0. The number of aliphatic hydroxyl groups excluding tert-OH is 2. The highest BCUT2D eigenvalue weighted by atomic mass is 16.5. The van der Waals surface area contributed by atoms with Crippen LogP contribution in [-0.2, 0) is 6.61 Å². The zero-order valence-corrected chi connectivity index (χ0v) is 18.4. The van der Waals surface area contributed by atoms with E-state index in [-0.39, 0.29) is 25.4 Å². The average Bonchev–Trinajstić information content (AvgIpc) is 3.33. The fourth-order valence-electron chi connectivity index (χ4n) is 3.85. The number of imidazole rings is 1. The maximum Gasteiger partial charge on any atom is 0.135 e. The first kappa shape index (κ1) is 22.6. The molecule has 4 rings (SSSR count). The van der Waals surface area contributed by atoms with Gasteiger partial charge in [-0.2, -0.15) is 5.26 Å². The zero-order chi connectivity index (χ0) is 23.2. The summed E-state index contributed by atoms with van der Waals surface area (Å²) in [6.07, 6.45) is 3.39. The Bertz CT molecular complexity index is 1170. The fraction of sp³-hybridized carbons (Fsp3) is 0.308. The van der Waals surface area contributed by atoms with E-state index in [0.717, 1.165) is 29.0 Å². The van der Waals surface area contributed by atoms with Gasteiger partial charge in [0.2, 0.25) is 0 Å². The number of hydrogen-bond donors (Lipinski definition) is 2. The van der Waals surface area contributed by atoms with Crippen LogP contribution < -0.4 is 4.74 Å². The minimum atomic E-state index is -0.466. The average molecular weight is 443 g/mol. The summed E-state index contributed by atoms with van der Waals surface area (Å²) in [4.78, 5) is 6.15. The van der Waals surface area contributed by atoms with E-state index < -0.39 is 6.04 Å². The highest BCUT2D eigenvalue weighted by Crippen LogP contribution is 2.26. The third-order valence-corrected chi connectivity index (χ3v) is 5.94. The number of aliphatic hydroxyl groups is 2. The monoisotopic (exact) mass is 442 g/mol. The largest absolute Gasteiger partial charge is 0.487 e. The molecule has 1 saturated heterocycles. The van der Waals surface area contributed by atoms with Crippen LogP contribution >= 0.6 is 0 Å². The first-order valence-corrected chi connectivity index (χ1v) is 10.9. The van der Waals surface area contributed by atoms with Gasteiger partial charge in [-0.05, 0) is 42.3 Å². The molecule has 0 saturated carbocycles. The van der Waals surface area contributed by atoms with Gasteiger partial charge < -0.3 is 19.5 Å². The van der Waals surface area contributed by atoms with Crippen molar-refractivity contribution in [3.63, 3.8) is 0 Å². The van der Waals surface area contributed by atoms with E-state index in [0.29, 0.717) is 12.4 Å². The zero-order valence-electron chi connectivity index (χ0n) is 18.4. The van der Waals surface area contributed by atoms with Crippen molar-refractivity contribution in [2.75, 3.05) is 19.7 Å². The molecule has 1 aromatic heterocycles. The number of nitrogens with zero attached hydrogens (tertiary/aromatic N) is 4. The van der Waals surface area contributed by atoms with E-state index in [1.54, 1.807) is 17.0 Å². The summed E-state index contributed by atoms with van der Waals surface area (Å²) < 4.78 is 7.73. The van der Waals surface area contributed by atoms with Crippen LogP contribution in [0.25, 0.3) is 11.1 Å². The Kier molecular flexibility index (Phi) is 7.07. The summed E-state index contributed by atoms with van der Waals surface area (Å²) in [7, 11) is 0. The lowest BCUT2D eigenvalue weighted by Crippen LogP contribution is -2.60. The van der Waals surface area contributed by atoms with E-state index in [1.165, 1.54) is 0 Å². The number of aromatic nitrogens is 2. The molecule has 33 heavy (non-hydrogen) atoms. The van der Waals surface area contributed by atoms with Crippen molar-refractivity contribution >= 4 is 0 Å². The van der Waals surface area contributed by atoms with E-state index in [9.17, 15) is 10.2 Å². The Morgan fingerprint density at radius 3 is 2.42 bits per heavy atom. The molecule has 0 bridgehead atoms. The minimum absolute atomic E-state index is 0.112. The van der Waals surface area contributed by atoms with Crippen LogP contribution in [-0.4, -0.2) is 56.5 Å². The van der Waals surface area contributed by atoms with Crippen molar-refractivity contribution in [3.8, 4) is 34.8 Å². The standard InChI is InChI=1S/C26H26N4O3/c1-19-25(16-29(19)14-12-27)33-24-10-7-22(8-11-24)21-5-2-20(3-6-21)4-9-23(17-31)30-15-13-28-26(30)18-32/h2-3,5-8,10-11,13,15,19,23,25,31-32H,14,16-18H2,1H3. The van der Waals surface area contributed by atoms with Crippen molar-refractivity contribution in [3.05, 3.63) is 72.3 Å². The molecule has 0 radical (unpaired) electrons. The van der Waals surface area contributed by atoms with Crippen molar-refractivity contribution < 1.29 is 14.9 Å². The quantitative estimate of drug-likeness (QED) is 0.432. The van der Waals surface area contributed by atoms with Crippen LogP contribution in [0.5, 0.6) is 5.75 Å². The Morgan fingerprint density at radius 2 is 1.82 bits per heavy atom. The predicted molar refractivity (Wildman–Crippen MR) is 124 cm³/mol. The highest BCUT2D eigenvalue weighted by molar-refractivity contribution is 5.65. The molecule has 2 aromatic carbocycles. The fourth-order valence-corrected chi connectivity index (χ4v) is 3.85. The van der Waals surface area contributed by atoms with Gasteiger partial charge in [-0.1, -0.05) is 36.1 Å². The molecule has 168 valence electrons. The molecule has 1 aliphatic rings. The van der Waals surface area contributed by atoms with Crippen LogP contribution in [0.3, 0.4) is 0 Å². The smallest absolute Gasteiger partial charge is 0.135 e. The second-order valence-electron chi connectivity index (χ2n) is 7.96. The summed E-state index contributed by atoms with van der Waals surface area (Å²) in [6, 6.07) is 17.9. The van der Waals surface area contributed by atoms with Gasteiger partial charge >= 0.3 is 0 Å². The molecule has 7 heteroatoms. The van der Waals surface area contributed by atoms with Gasteiger partial charge in [0.05, 0.1) is 19.2 Å². The summed E-state index contributed by atoms with van der Waals surface area (Å²) in [5, 5.41) is 27.9. The number of benzene rings is 2. The third-order valence-electron chi connectivity index (χ3n) is 5.94. The van der Waals surface area contributed by atoms with Crippen LogP contribution in [0.2, 0.25) is 0 Å². The topological polar surface area (TPSA) is 94.5 Å². The third kappa shape index (κ3) is 5.08. The first-order chi connectivity index (χ1) is 16.1. The van der Waals surface area contributed by atoms with Gasteiger partial charge in [-0.25, -0.2) is 4.98 Å². The van der Waals surface area contributed by atoms with Gasteiger partial charge in [-0.15, -0.1) is 0 Å². The van der Waals surface area contributed by atoms with Crippen molar-refractivity contribution in [1.82, 2.24) is 14.5 Å². The highest BCUT2D eigenvalue weighted by Gasteiger charge is 2.36. The lowest BCUT2D eigenvalue weighted by atomic mass is 10.0. The van der Waals surface area contributed by atoms with Crippen LogP contribution in [0.4, 0.5) is 0 Å². The second kappa shape index (κ2) is 10.3. The lowest BCUT2D eigenvalue weighted by Gasteiger charge is -2.44.